The quantitative estimate of drug-likeness (QED) is 0.411. The summed E-state index contributed by atoms with van der Waals surface area (Å²) in [4.78, 5) is 49.9. The number of carbonyl (C=O) groups excluding carboxylic acids is 2. The minimum Gasteiger partial charge on any atom is -0.444 e. The second kappa shape index (κ2) is 12.5. The zero-order valence-corrected chi connectivity index (χ0v) is 26.1. The monoisotopic (exact) mass is 640 g/mol. The van der Waals surface area contributed by atoms with Crippen LogP contribution in [0.1, 0.15) is 33.6 Å². The van der Waals surface area contributed by atoms with Crippen molar-refractivity contribution in [2.24, 2.45) is 0 Å². The molecule has 3 aromatic rings. The van der Waals surface area contributed by atoms with Crippen molar-refractivity contribution in [3.05, 3.63) is 53.1 Å². The minimum atomic E-state index is -3.10. The lowest BCUT2D eigenvalue weighted by atomic mass is 10.1. The van der Waals surface area contributed by atoms with Crippen molar-refractivity contribution in [3.63, 3.8) is 0 Å². The number of hydrogen-bond donors (Lipinski definition) is 1. The van der Waals surface area contributed by atoms with Crippen LogP contribution in [-0.4, -0.2) is 102 Å². The summed E-state index contributed by atoms with van der Waals surface area (Å²) in [5, 5.41) is 3.16. The van der Waals surface area contributed by atoms with E-state index in [1.807, 2.05) is 32.9 Å². The summed E-state index contributed by atoms with van der Waals surface area (Å²) in [7, 11) is 0. The van der Waals surface area contributed by atoms with Gasteiger partial charge in [-0.05, 0) is 70.0 Å². The van der Waals surface area contributed by atoms with Crippen LogP contribution in [-0.2, 0) is 14.3 Å². The molecule has 0 bridgehead atoms. The average molecular weight is 641 g/mol. The summed E-state index contributed by atoms with van der Waals surface area (Å²) >= 11 is 0. The van der Waals surface area contributed by atoms with Gasteiger partial charge in [0.15, 0.2) is 0 Å². The number of carbonyl (C=O) groups is 2. The number of halogens is 2. The van der Waals surface area contributed by atoms with Crippen LogP contribution in [0.4, 0.5) is 25.0 Å². The molecular weight excluding hydrogens is 602 g/mol. The predicted molar refractivity (Wildman–Crippen MR) is 167 cm³/mol. The summed E-state index contributed by atoms with van der Waals surface area (Å²) in [6.07, 6.45) is 2.34. The van der Waals surface area contributed by atoms with Crippen molar-refractivity contribution in [1.82, 2.24) is 19.4 Å². The molecule has 246 valence electrons. The highest BCUT2D eigenvalue weighted by atomic mass is 19.3. The highest BCUT2D eigenvalue weighted by Crippen LogP contribution is 2.44. The number of piperazine rings is 1. The number of anilines is 2. The van der Waals surface area contributed by atoms with Crippen LogP contribution in [0.5, 0.6) is 5.75 Å². The van der Waals surface area contributed by atoms with Crippen molar-refractivity contribution >= 4 is 34.3 Å². The third-order valence-corrected chi connectivity index (χ3v) is 8.51. The van der Waals surface area contributed by atoms with Crippen LogP contribution in [0.15, 0.2) is 47.5 Å². The van der Waals surface area contributed by atoms with Crippen LogP contribution >= 0.6 is 0 Å². The highest BCUT2D eigenvalue weighted by molar-refractivity contribution is 6.01. The molecule has 0 radical (unpaired) electrons. The topological polar surface area (TPSA) is 118 Å². The third kappa shape index (κ3) is 6.63. The van der Waals surface area contributed by atoms with Gasteiger partial charge in [-0.2, -0.15) is 8.78 Å². The van der Waals surface area contributed by atoms with E-state index in [1.54, 1.807) is 11.0 Å². The Bertz CT molecular complexity index is 1670. The first-order valence-electron chi connectivity index (χ1n) is 15.4. The molecule has 2 aromatic carbocycles. The number of hydrogen-bond acceptors (Lipinski definition) is 9. The predicted octanol–water partition coefficient (Wildman–Crippen LogP) is 3.85. The van der Waals surface area contributed by atoms with E-state index in [-0.39, 0.29) is 29.0 Å². The van der Waals surface area contributed by atoms with E-state index in [0.717, 1.165) is 5.69 Å². The number of nitrogens with zero attached hydrogens (tertiary/aromatic N) is 5. The van der Waals surface area contributed by atoms with Crippen molar-refractivity contribution in [2.45, 2.75) is 51.4 Å². The zero-order chi connectivity index (χ0) is 32.6. The molecule has 46 heavy (non-hydrogen) atoms. The number of aromatic nitrogens is 2. The largest absolute Gasteiger partial charge is 0.444 e. The van der Waals surface area contributed by atoms with E-state index in [1.165, 1.54) is 29.1 Å². The Hall–Kier alpha value is -4.30. The Labute approximate surface area is 264 Å². The maximum atomic E-state index is 13.6. The molecule has 1 aliphatic carbocycles. The smallest absolute Gasteiger partial charge is 0.410 e. The normalized spacial score (nSPS) is 18.5. The molecule has 6 rings (SSSR count). The third-order valence-electron chi connectivity index (χ3n) is 8.51. The Morgan fingerprint density at radius 2 is 1.67 bits per heavy atom. The molecule has 0 atom stereocenters. The first-order chi connectivity index (χ1) is 21.9. The first kappa shape index (κ1) is 31.7. The van der Waals surface area contributed by atoms with Crippen LogP contribution in [0.25, 0.3) is 16.6 Å². The summed E-state index contributed by atoms with van der Waals surface area (Å²) < 4.78 is 43.5. The van der Waals surface area contributed by atoms with Gasteiger partial charge < -0.3 is 29.3 Å². The van der Waals surface area contributed by atoms with Gasteiger partial charge in [-0.15, -0.1) is 0 Å². The molecule has 1 saturated carbocycles. The zero-order valence-electron chi connectivity index (χ0n) is 26.1. The molecule has 2 amide bonds. The number of fused-ring (bicyclic) bond motifs is 1. The van der Waals surface area contributed by atoms with E-state index < -0.39 is 17.8 Å². The summed E-state index contributed by atoms with van der Waals surface area (Å²) in [5.41, 5.74) is 0.0753. The fourth-order valence-corrected chi connectivity index (χ4v) is 5.96. The van der Waals surface area contributed by atoms with Crippen LogP contribution in [0.3, 0.4) is 0 Å². The number of rotatable bonds is 7. The Morgan fingerprint density at radius 1 is 0.978 bits per heavy atom. The van der Waals surface area contributed by atoms with Crippen molar-refractivity contribution < 1.29 is 32.6 Å². The minimum absolute atomic E-state index is 0.0372. The van der Waals surface area contributed by atoms with Crippen molar-refractivity contribution in [3.8, 4) is 11.4 Å². The molecule has 3 heterocycles. The molecule has 12 nitrogen and oxygen atoms in total. The number of alkyl halides is 2. The Balaban J connectivity index is 1.22. The second-order valence-electron chi connectivity index (χ2n) is 12.7. The van der Waals surface area contributed by atoms with Gasteiger partial charge in [-0.3, -0.25) is 19.1 Å². The summed E-state index contributed by atoms with van der Waals surface area (Å²) in [5.74, 6) is -0.516. The molecule has 0 unspecified atom stereocenters. The first-order valence-corrected chi connectivity index (χ1v) is 15.4. The lowest BCUT2D eigenvalue weighted by Crippen LogP contribution is -2.51. The lowest BCUT2D eigenvalue weighted by molar-refractivity contribution is -0.124. The molecule has 14 heteroatoms. The van der Waals surface area contributed by atoms with Crippen molar-refractivity contribution in [1.29, 1.82) is 0 Å². The second-order valence-corrected chi connectivity index (χ2v) is 12.7. The van der Waals surface area contributed by atoms with E-state index in [2.05, 4.69) is 20.1 Å². The fourth-order valence-electron chi connectivity index (χ4n) is 5.96. The highest BCUT2D eigenvalue weighted by Gasteiger charge is 2.54. The number of morpholine rings is 1. The van der Waals surface area contributed by atoms with Crippen molar-refractivity contribution in [2.75, 3.05) is 62.7 Å². The Kier molecular flexibility index (Phi) is 8.59. The van der Waals surface area contributed by atoms with E-state index in [9.17, 15) is 23.2 Å². The number of benzene rings is 2. The standard InChI is InChI=1S/C32H38F2N6O6/c1-31(2,3)46-30(43)38-12-10-37(11-13-38)21-4-6-23-24(18-21)35-20-40(27(23)41)22-5-7-26(45-29(33)34)25(19-22)36-28(42)32(8-9-32)39-14-16-44-17-15-39/h4-7,18-20,29H,8-17H2,1-3H3,(H,36,42). The number of amides is 2. The van der Waals surface area contributed by atoms with Gasteiger partial charge in [-0.1, -0.05) is 0 Å². The molecule has 1 N–H and O–H groups in total. The fraction of sp³-hybridized carbons (Fsp3) is 0.500. The molecule has 1 aromatic heterocycles. The average Bonchev–Trinajstić information content (AvgIpc) is 3.84. The van der Waals surface area contributed by atoms with Crippen LogP contribution in [0, 0.1) is 0 Å². The van der Waals surface area contributed by atoms with Crippen LogP contribution < -0.4 is 20.5 Å². The lowest BCUT2D eigenvalue weighted by Gasteiger charge is -2.36. The van der Waals surface area contributed by atoms with E-state index in [0.29, 0.717) is 81.9 Å². The molecule has 2 saturated heterocycles. The number of nitrogens with one attached hydrogen (secondary N) is 1. The van der Waals surface area contributed by atoms with Gasteiger partial charge in [0.1, 0.15) is 23.2 Å². The van der Waals surface area contributed by atoms with Gasteiger partial charge in [-0.25, -0.2) is 9.78 Å². The van der Waals surface area contributed by atoms with Gasteiger partial charge in [0, 0.05) is 45.0 Å². The van der Waals surface area contributed by atoms with Gasteiger partial charge in [0.05, 0.1) is 35.5 Å². The molecule has 3 aliphatic rings. The summed E-state index contributed by atoms with van der Waals surface area (Å²) in [6, 6.07) is 9.59. The SMILES string of the molecule is CC(C)(C)OC(=O)N1CCN(c2ccc3c(=O)n(-c4ccc(OC(F)F)c(NC(=O)C5(N6CCOCC6)CC5)c4)cnc3c2)CC1. The maximum absolute atomic E-state index is 13.6. The van der Waals surface area contributed by atoms with Crippen LogP contribution in [0.2, 0.25) is 0 Å². The molecule has 0 spiro atoms. The number of ether oxygens (including phenoxy) is 3. The molecular formula is C32H38F2N6O6. The maximum Gasteiger partial charge on any atom is 0.410 e. The van der Waals surface area contributed by atoms with Gasteiger partial charge >= 0.3 is 12.7 Å². The summed E-state index contributed by atoms with van der Waals surface area (Å²) in [6.45, 7) is 6.85. The Morgan fingerprint density at radius 3 is 2.33 bits per heavy atom. The van der Waals surface area contributed by atoms with Gasteiger partial charge in [0.2, 0.25) is 5.91 Å². The van der Waals surface area contributed by atoms with Gasteiger partial charge in [0.25, 0.3) is 5.56 Å². The van der Waals surface area contributed by atoms with E-state index in [4.69, 9.17) is 14.2 Å². The van der Waals surface area contributed by atoms with E-state index >= 15 is 0 Å². The molecule has 3 fully saturated rings. The molecule has 2 aliphatic heterocycles.